The van der Waals surface area contributed by atoms with E-state index in [0.29, 0.717) is 22.0 Å². The van der Waals surface area contributed by atoms with Crippen molar-refractivity contribution in [2.24, 2.45) is 0 Å². The van der Waals surface area contributed by atoms with Crippen LogP contribution in [0.4, 0.5) is 13.2 Å². The molecule has 4 aromatic heterocycles. The fourth-order valence-electron chi connectivity index (χ4n) is 4.85. The second-order valence-corrected chi connectivity index (χ2v) is 11.8. The number of likely N-dealkylation sites (tertiary alicyclic amines) is 1. The highest BCUT2D eigenvalue weighted by Crippen LogP contribution is 2.40. The highest BCUT2D eigenvalue weighted by atomic mass is 32.1. The molecule has 1 aliphatic heterocycles. The number of ether oxygens (including phenoxy) is 2. The van der Waals surface area contributed by atoms with Crippen molar-refractivity contribution < 1.29 is 27.4 Å². The van der Waals surface area contributed by atoms with E-state index in [1.54, 1.807) is 18.5 Å². The molecule has 0 aromatic carbocycles. The van der Waals surface area contributed by atoms with Crippen LogP contribution < -0.4 is 4.74 Å². The van der Waals surface area contributed by atoms with Crippen LogP contribution in [0.3, 0.4) is 0 Å². The molecule has 1 saturated heterocycles. The summed E-state index contributed by atoms with van der Waals surface area (Å²) in [6.45, 7) is 7.19. The van der Waals surface area contributed by atoms with Gasteiger partial charge in [0.15, 0.2) is 11.4 Å². The number of aromatic nitrogens is 6. The van der Waals surface area contributed by atoms with Gasteiger partial charge >= 0.3 is 12.1 Å². The Morgan fingerprint density at radius 1 is 1.20 bits per heavy atom. The van der Waals surface area contributed by atoms with Crippen LogP contribution in [0, 0.1) is 0 Å². The van der Waals surface area contributed by atoms with Crippen LogP contribution in [0.25, 0.3) is 27.6 Å². The number of H-pyrrole nitrogens is 1. The number of rotatable bonds is 7. The van der Waals surface area contributed by atoms with Gasteiger partial charge in [0, 0.05) is 28.4 Å². The van der Waals surface area contributed by atoms with Gasteiger partial charge in [-0.1, -0.05) is 0 Å². The third-order valence-corrected chi connectivity index (χ3v) is 7.75. The predicted molar refractivity (Wildman–Crippen MR) is 142 cm³/mol. The first-order valence-corrected chi connectivity index (χ1v) is 13.6. The topological polar surface area (TPSA) is 111 Å². The Labute approximate surface area is 232 Å². The number of esters is 1. The summed E-state index contributed by atoms with van der Waals surface area (Å²) >= 11 is 1.35. The van der Waals surface area contributed by atoms with Crippen LogP contribution in [-0.4, -0.2) is 79.2 Å². The number of hydrogen-bond acceptors (Lipinski definition) is 9. The lowest BCUT2D eigenvalue weighted by atomic mass is 9.96. The Morgan fingerprint density at radius 2 is 1.95 bits per heavy atom. The molecule has 0 unspecified atom stereocenters. The summed E-state index contributed by atoms with van der Waals surface area (Å²) in [6.07, 6.45) is 0.632. The molecule has 14 heteroatoms. The third kappa shape index (κ3) is 6.28. The molecule has 1 fully saturated rings. The van der Waals surface area contributed by atoms with Crippen molar-refractivity contribution in [2.45, 2.75) is 57.7 Å². The lowest BCUT2D eigenvalue weighted by Crippen LogP contribution is -2.39. The first-order valence-electron chi connectivity index (χ1n) is 12.8. The van der Waals surface area contributed by atoms with E-state index >= 15 is 0 Å². The fourth-order valence-corrected chi connectivity index (χ4v) is 5.95. The molecule has 0 saturated carbocycles. The summed E-state index contributed by atoms with van der Waals surface area (Å²) in [6, 6.07) is 1.61. The number of piperidine rings is 1. The number of carbonyl (C=O) groups is 1. The van der Waals surface area contributed by atoms with E-state index < -0.39 is 18.2 Å². The maximum absolute atomic E-state index is 13.7. The normalized spacial score (nSPS) is 15.6. The summed E-state index contributed by atoms with van der Waals surface area (Å²) in [5.41, 5.74) is 0.744. The average molecular weight is 578 g/mol. The van der Waals surface area contributed by atoms with Gasteiger partial charge in [-0.05, 0) is 58.7 Å². The van der Waals surface area contributed by atoms with Gasteiger partial charge in [-0.15, -0.1) is 11.3 Å². The number of aromatic amines is 1. The van der Waals surface area contributed by atoms with E-state index in [0.717, 1.165) is 30.8 Å². The molecule has 214 valence electrons. The molecule has 0 atom stereocenters. The summed E-state index contributed by atoms with van der Waals surface area (Å²) in [4.78, 5) is 23.8. The monoisotopic (exact) mass is 577 g/mol. The largest absolute Gasteiger partial charge is 0.493 e. The second-order valence-electron chi connectivity index (χ2n) is 10.7. The van der Waals surface area contributed by atoms with Crippen molar-refractivity contribution in [2.75, 3.05) is 26.7 Å². The minimum atomic E-state index is -4.46. The molecule has 0 spiro atoms. The Hall–Kier alpha value is -3.52. The number of pyridine rings is 1. The van der Waals surface area contributed by atoms with Crippen LogP contribution in [0.1, 0.15) is 50.0 Å². The minimum Gasteiger partial charge on any atom is -0.493 e. The van der Waals surface area contributed by atoms with Crippen molar-refractivity contribution in [1.82, 2.24) is 34.7 Å². The number of alkyl halides is 3. The van der Waals surface area contributed by atoms with E-state index in [2.05, 4.69) is 30.2 Å². The van der Waals surface area contributed by atoms with Crippen molar-refractivity contribution >= 4 is 23.0 Å². The van der Waals surface area contributed by atoms with E-state index in [1.807, 2.05) is 20.8 Å². The maximum atomic E-state index is 13.7. The number of nitrogens with zero attached hydrogens (tertiary/aromatic N) is 6. The number of carbonyl (C=O) groups excluding carboxylic acids is 1. The van der Waals surface area contributed by atoms with Crippen LogP contribution in [0.2, 0.25) is 0 Å². The third-order valence-electron chi connectivity index (χ3n) is 6.58. The van der Waals surface area contributed by atoms with Gasteiger partial charge in [-0.25, -0.2) is 14.5 Å². The molecule has 10 nitrogen and oxygen atoms in total. The Kier molecular flexibility index (Phi) is 7.57. The lowest BCUT2D eigenvalue weighted by Gasteiger charge is -2.31. The Morgan fingerprint density at radius 3 is 2.62 bits per heavy atom. The number of thiazole rings is 1. The van der Waals surface area contributed by atoms with Crippen molar-refractivity contribution in [3.05, 3.63) is 35.2 Å². The molecular formula is C26H30F3N7O3S. The van der Waals surface area contributed by atoms with Crippen LogP contribution in [0.5, 0.6) is 5.75 Å². The summed E-state index contributed by atoms with van der Waals surface area (Å²) < 4.78 is 53.4. The van der Waals surface area contributed by atoms with E-state index in [1.165, 1.54) is 29.3 Å². The second kappa shape index (κ2) is 10.8. The van der Waals surface area contributed by atoms with Crippen molar-refractivity contribution in [1.29, 1.82) is 0 Å². The summed E-state index contributed by atoms with van der Waals surface area (Å²) in [5.74, 6) is 0.321. The van der Waals surface area contributed by atoms with E-state index in [4.69, 9.17) is 9.47 Å². The number of nitrogens with one attached hydrogen (secondary N) is 1. The standard InChI is InChI=1S/C26H30F3N7O3S/c1-25(2,3)39-20(37)13-35-7-5-15(6-8-35)19-11-30-24(40-19)22-17(10-26(27,28)29)21(33-34-22)16-9-18(38-4)23-31-14-32-36(23)12-16/h9,11-12,14-15H,5-8,10,13H2,1-4H3,(H,33,34). The number of hydrogen-bond donors (Lipinski definition) is 1. The van der Waals surface area contributed by atoms with Gasteiger partial charge < -0.3 is 9.47 Å². The van der Waals surface area contributed by atoms with Gasteiger partial charge in [-0.2, -0.15) is 23.4 Å². The molecule has 5 rings (SSSR count). The van der Waals surface area contributed by atoms with Crippen molar-refractivity contribution in [3.63, 3.8) is 0 Å². The SMILES string of the molecule is COc1cc(-c2[nH]nc(-c3ncc(C4CCN(CC(=O)OC(C)(C)C)CC4)s3)c2CC(F)(F)F)cn2ncnc12. The molecule has 0 amide bonds. The van der Waals surface area contributed by atoms with Gasteiger partial charge in [0.1, 0.15) is 22.6 Å². The van der Waals surface area contributed by atoms with Crippen LogP contribution >= 0.6 is 11.3 Å². The molecule has 1 aliphatic rings. The molecule has 0 radical (unpaired) electrons. The van der Waals surface area contributed by atoms with Crippen molar-refractivity contribution in [3.8, 4) is 27.7 Å². The van der Waals surface area contributed by atoms with Crippen LogP contribution in [0.15, 0.2) is 24.8 Å². The molecule has 0 bridgehead atoms. The van der Waals surface area contributed by atoms with Gasteiger partial charge in [0.25, 0.3) is 0 Å². The Balaban J connectivity index is 1.37. The Bertz CT molecular complexity index is 1500. The minimum absolute atomic E-state index is 0.00194. The fraction of sp³-hybridized carbons (Fsp3) is 0.500. The molecular weight excluding hydrogens is 547 g/mol. The first kappa shape index (κ1) is 28.0. The molecule has 4 aromatic rings. The molecule has 0 aliphatic carbocycles. The smallest absolute Gasteiger partial charge is 0.393 e. The first-order chi connectivity index (χ1) is 18.9. The summed E-state index contributed by atoms with van der Waals surface area (Å²) in [5, 5.41) is 11.6. The van der Waals surface area contributed by atoms with Gasteiger partial charge in [-0.3, -0.25) is 14.8 Å². The molecule has 5 heterocycles. The zero-order valence-electron chi connectivity index (χ0n) is 22.6. The van der Waals surface area contributed by atoms with Gasteiger partial charge in [0.2, 0.25) is 0 Å². The van der Waals surface area contributed by atoms with E-state index in [9.17, 15) is 18.0 Å². The number of halogens is 3. The summed E-state index contributed by atoms with van der Waals surface area (Å²) in [7, 11) is 1.46. The lowest BCUT2D eigenvalue weighted by molar-refractivity contribution is -0.156. The number of methoxy groups -OCH3 is 1. The number of fused-ring (bicyclic) bond motifs is 1. The predicted octanol–water partition coefficient (Wildman–Crippen LogP) is 4.88. The van der Waals surface area contributed by atoms with Crippen LogP contribution in [-0.2, 0) is 16.0 Å². The molecule has 1 N–H and O–H groups in total. The maximum Gasteiger partial charge on any atom is 0.393 e. The highest BCUT2D eigenvalue weighted by molar-refractivity contribution is 7.15. The van der Waals surface area contributed by atoms with E-state index in [-0.39, 0.29) is 35.4 Å². The molecule has 40 heavy (non-hydrogen) atoms. The van der Waals surface area contributed by atoms with Gasteiger partial charge in [0.05, 0.1) is 25.8 Å². The quantitative estimate of drug-likeness (QED) is 0.310. The highest BCUT2D eigenvalue weighted by Gasteiger charge is 2.34. The average Bonchev–Trinajstić information content (AvgIpc) is 3.61. The zero-order chi connectivity index (χ0) is 28.7. The zero-order valence-corrected chi connectivity index (χ0v) is 23.4.